The summed E-state index contributed by atoms with van der Waals surface area (Å²) in [6.45, 7) is 16.1. The van der Waals surface area contributed by atoms with E-state index in [2.05, 4.69) is 66.7 Å². The van der Waals surface area contributed by atoms with Crippen LogP contribution in [0, 0.1) is 34.6 Å². The van der Waals surface area contributed by atoms with Crippen LogP contribution in [0.15, 0.2) is 340 Å². The Morgan fingerprint density at radius 3 is 0.898 bits per heavy atom. The molecule has 734 valence electrons. The normalized spacial score (nSPS) is 11.0. The van der Waals surface area contributed by atoms with E-state index in [1.54, 1.807) is 166 Å². The minimum Gasteiger partial charge on any atom is -0.360 e. The van der Waals surface area contributed by atoms with E-state index in [9.17, 15) is 50.4 Å². The molecule has 0 saturated carbocycles. The second-order valence-electron chi connectivity index (χ2n) is 34.9. The van der Waals surface area contributed by atoms with Crippen molar-refractivity contribution >= 4 is 77.4 Å². The molecular weight excluding hydrogens is 1900 g/mol. The number of aromatic nitrogens is 14. The zero-order valence-corrected chi connectivity index (χ0v) is 84.3. The van der Waals surface area contributed by atoms with E-state index in [0.29, 0.717) is 87.9 Å². The van der Waals surface area contributed by atoms with E-state index in [1.807, 2.05) is 186 Å². The van der Waals surface area contributed by atoms with Crippen molar-refractivity contribution in [3.63, 3.8) is 0 Å². The Bertz CT molecular complexity index is 8000. The molecule has 9 aromatic heterocycles. The molecule has 9 heterocycles. The van der Waals surface area contributed by atoms with Crippen LogP contribution in [0.5, 0.6) is 0 Å². The van der Waals surface area contributed by atoms with Gasteiger partial charge in [-0.1, -0.05) is 183 Å². The Morgan fingerprint density at radius 1 is 0.347 bits per heavy atom. The van der Waals surface area contributed by atoms with Crippen molar-refractivity contribution in [3.05, 3.63) is 491 Å². The number of hydrogen-bond acceptors (Lipinski definition) is 26. The number of sulfone groups is 2. The van der Waals surface area contributed by atoms with Crippen molar-refractivity contribution in [3.8, 4) is 45.0 Å². The number of hydrogen-bond donors (Lipinski definition) is 0. The molecule has 0 N–H and O–H groups in total. The minimum atomic E-state index is -3.34. The monoisotopic (exact) mass is 2000 g/mol. The van der Waals surface area contributed by atoms with E-state index in [0.717, 1.165) is 135 Å². The first kappa shape index (κ1) is 105. The molecule has 17 aromatic rings. The Hall–Kier alpha value is -17.3. The van der Waals surface area contributed by atoms with Crippen LogP contribution < -0.4 is 0 Å². The van der Waals surface area contributed by atoms with Gasteiger partial charge < -0.3 is 5.53 Å². The largest absolute Gasteiger partial charge is 0.400 e. The number of nitrogens with zero attached hydrogens (tertiary/aromatic N) is 16. The van der Waals surface area contributed by atoms with Crippen LogP contribution in [0.25, 0.3) is 50.6 Å². The molecular formula is C117H102N16O11S3. The van der Waals surface area contributed by atoms with Gasteiger partial charge in [-0.25, -0.2) is 61.7 Å². The van der Waals surface area contributed by atoms with Crippen LogP contribution in [0.3, 0.4) is 0 Å². The molecule has 0 radical (unpaired) electrons. The molecule has 0 fully saturated rings. The fourth-order valence-corrected chi connectivity index (χ4v) is 18.2. The van der Waals surface area contributed by atoms with Crippen LogP contribution in [-0.4, -0.2) is 137 Å². The number of Topliss-reactive ketones (excluding diaryl/α,β-unsaturated/α-hetero) is 7. The number of allylic oxidation sites excluding steroid dienone is 1. The first-order valence-corrected chi connectivity index (χ1v) is 51.2. The van der Waals surface area contributed by atoms with Crippen molar-refractivity contribution < 1.29 is 55.2 Å². The van der Waals surface area contributed by atoms with E-state index in [4.69, 9.17) is 25.5 Å². The zero-order chi connectivity index (χ0) is 104. The van der Waals surface area contributed by atoms with Crippen molar-refractivity contribution in [2.75, 3.05) is 0 Å². The highest BCUT2D eigenvalue weighted by Gasteiger charge is 2.27. The molecule has 0 aliphatic rings. The van der Waals surface area contributed by atoms with Gasteiger partial charge in [0.15, 0.2) is 42.8 Å². The van der Waals surface area contributed by atoms with Crippen molar-refractivity contribution in [1.29, 1.82) is 0 Å². The maximum Gasteiger partial charge on any atom is 0.400 e. The summed E-state index contributed by atoms with van der Waals surface area (Å²) in [5.74, 6) is 1.41. The maximum absolute atomic E-state index is 13.0. The summed E-state index contributed by atoms with van der Waals surface area (Å²) in [4.78, 5) is 148. The Labute approximate surface area is 856 Å². The van der Waals surface area contributed by atoms with E-state index in [1.165, 1.54) is 23.0 Å². The van der Waals surface area contributed by atoms with Gasteiger partial charge in [-0.2, -0.15) is 9.16 Å². The third kappa shape index (κ3) is 30.9. The summed E-state index contributed by atoms with van der Waals surface area (Å²) in [5, 5.41) is 2.90. The van der Waals surface area contributed by atoms with Crippen LogP contribution in [-0.2, 0) is 105 Å². The number of ketones is 7. The smallest absolute Gasteiger partial charge is 0.360 e. The molecule has 0 aliphatic heterocycles. The molecule has 0 saturated heterocycles. The average Bonchev–Trinajstić information content (AvgIpc) is 1.16. The lowest BCUT2D eigenvalue weighted by molar-refractivity contribution is -0.122. The number of rotatable bonds is 37. The third-order valence-corrected chi connectivity index (χ3v) is 27.1. The van der Waals surface area contributed by atoms with Crippen molar-refractivity contribution in [2.24, 2.45) is 0 Å². The molecule has 17 rings (SSSR count). The highest BCUT2D eigenvalue weighted by molar-refractivity contribution is 7.93. The summed E-state index contributed by atoms with van der Waals surface area (Å²) in [6, 6.07) is 74.1. The quantitative estimate of drug-likeness (QED) is 0.0115. The van der Waals surface area contributed by atoms with Gasteiger partial charge in [0.05, 0.1) is 34.3 Å². The minimum absolute atomic E-state index is 0.0179. The summed E-state index contributed by atoms with van der Waals surface area (Å²) in [6.07, 6.45) is 25.8. The Kier molecular flexibility index (Phi) is 36.3. The fourth-order valence-electron chi connectivity index (χ4n) is 15.8. The highest BCUT2D eigenvalue weighted by atomic mass is 32.2. The number of aryl methyl sites for hydroxylation is 5. The fraction of sp³-hybridized carbons (Fsp3) is 0.162. The second-order valence-corrected chi connectivity index (χ2v) is 39.7. The first-order chi connectivity index (χ1) is 70.9. The Morgan fingerprint density at radius 2 is 0.633 bits per heavy atom. The summed E-state index contributed by atoms with van der Waals surface area (Å²) < 4.78 is 51.5. The summed E-state index contributed by atoms with van der Waals surface area (Å²) in [5.41, 5.74) is 32.6. The van der Waals surface area contributed by atoms with Gasteiger partial charge in [-0.3, -0.25) is 53.5 Å². The van der Waals surface area contributed by atoms with Crippen LogP contribution in [0.1, 0.15) is 183 Å². The van der Waals surface area contributed by atoms with E-state index in [-0.39, 0.29) is 84.8 Å². The topological polar surface area (TPSA) is 405 Å². The molecule has 0 spiro atoms. The number of benzene rings is 8. The molecule has 27 nitrogen and oxygen atoms in total. The van der Waals surface area contributed by atoms with Gasteiger partial charge in [0.2, 0.25) is 17.4 Å². The highest BCUT2D eigenvalue weighted by Crippen LogP contribution is 2.28. The SMILES string of the molecule is C/C=C/S(=O)(=O)Cc1ccc(C(=O)Cc2ccc(C)c(Cc3nccc(-c4cccnc4)n3)c2)cc1.C=CS(=O)(=O)Cc1ccc(C(=O)Cc2ccc(C)c(Cc3nccc(-c4cccnc4)n3)c2)cc1.CC(=O)C(=[N+]=[N-])C(=O)Cc1ccc(C(=O)Cc2ccc(C)c(Cc3nccc(-c4cccnc4)n3)c2)cc1.Cc1nc(C(=O)Cc2ccc(C(=O)Cc3ccc(C)c(Cc4nccc(-c5cccnc5)n4)c3)cc2)ns1. The van der Waals surface area contributed by atoms with E-state index < -0.39 is 37.0 Å². The van der Waals surface area contributed by atoms with Gasteiger partial charge in [-0.05, 0) is 215 Å². The summed E-state index contributed by atoms with van der Waals surface area (Å²) >= 11 is 1.22. The van der Waals surface area contributed by atoms with Crippen LogP contribution in [0.2, 0.25) is 0 Å². The molecule has 0 aliphatic carbocycles. The molecule has 0 atom stereocenters. The van der Waals surface area contributed by atoms with Gasteiger partial charge in [0.1, 0.15) is 28.3 Å². The maximum atomic E-state index is 13.0. The van der Waals surface area contributed by atoms with Crippen LogP contribution in [0.4, 0.5) is 0 Å². The van der Waals surface area contributed by atoms with Gasteiger partial charge in [-0.15, -0.1) is 0 Å². The first-order valence-electron chi connectivity index (χ1n) is 47.0. The lowest BCUT2D eigenvalue weighted by Gasteiger charge is -2.10. The number of carbonyl (C=O) groups is 7. The standard InChI is InChI=1S/C30H25N5O3.C30H25N5O2S.C29H27N3O3S.C28H25N3O3S/c1-19-5-6-22(14-25(19)17-29-33-13-11-26(34-29)24-4-3-12-32-18-24)16-27(37)23-9-7-21(8-10-23)15-28(38)30(35-31)20(2)36;1-19-5-6-22(14-25(19)17-29-32-13-11-26(34-29)24-4-3-12-31-18-24)16-27(36)23-9-7-21(8-10-23)15-28(37)30-33-20(2)38-35-30;1-3-15-36(34,35)20-22-8-10-24(11-9-22)28(33)17-23-7-6-21(2)26(16-23)18-29-31-14-12-27(32-29)25-5-4-13-30-19-25;1-3-35(33,34)19-21-8-10-23(11-9-21)27(32)16-22-7-6-20(2)25(15-22)17-28-30-14-12-26(31-28)24-5-4-13-29-18-24/h2*3-14,18H,15-17H2,1-2H3;3-16,19H,17-18,20H2,1-2H3;3-15,18H,1,16-17,19H2,2H3/b;;15-3+;. The predicted molar refractivity (Wildman–Crippen MR) is 566 cm³/mol. The van der Waals surface area contributed by atoms with E-state index >= 15 is 0 Å². The van der Waals surface area contributed by atoms with Crippen molar-refractivity contribution in [2.45, 2.75) is 124 Å². The van der Waals surface area contributed by atoms with Gasteiger partial charge in [0, 0.05) is 201 Å². The molecule has 0 unspecified atom stereocenters. The zero-order valence-electron chi connectivity index (χ0n) is 81.8. The molecule has 0 amide bonds. The molecule has 0 bridgehead atoms. The third-order valence-electron chi connectivity index (χ3n) is 23.8. The lowest BCUT2D eigenvalue weighted by atomic mass is 9.96. The predicted octanol–water partition coefficient (Wildman–Crippen LogP) is 19.9. The number of pyridine rings is 4. The average molecular weight is 2000 g/mol. The Balaban J connectivity index is 0.000000155. The van der Waals surface area contributed by atoms with Crippen molar-refractivity contribution in [1.82, 2.24) is 69.2 Å². The molecule has 8 aromatic carbocycles. The lowest BCUT2D eigenvalue weighted by Crippen LogP contribution is -2.24. The number of carbonyl (C=O) groups excluding carboxylic acids is 7. The molecule has 147 heavy (non-hydrogen) atoms. The summed E-state index contributed by atoms with van der Waals surface area (Å²) in [7, 11) is -6.64. The molecule has 30 heteroatoms. The van der Waals surface area contributed by atoms with Gasteiger partial charge >= 0.3 is 5.71 Å². The van der Waals surface area contributed by atoms with Crippen LogP contribution >= 0.6 is 11.5 Å². The second kappa shape index (κ2) is 50.6. The van der Waals surface area contributed by atoms with Gasteiger partial charge in [0.25, 0.3) is 5.78 Å².